The number of methoxy groups -OCH3 is 1. The highest BCUT2D eigenvalue weighted by molar-refractivity contribution is 5.71. The highest BCUT2D eigenvalue weighted by atomic mass is 16.5. The first-order valence-electron chi connectivity index (χ1n) is 11.7. The summed E-state index contributed by atoms with van der Waals surface area (Å²) in [7, 11) is 1.45. The van der Waals surface area contributed by atoms with E-state index in [0.29, 0.717) is 29.2 Å². The van der Waals surface area contributed by atoms with Crippen LogP contribution < -0.4 is 4.74 Å². The highest BCUT2D eigenvalue weighted by Crippen LogP contribution is 2.50. The number of aliphatic hydroxyl groups excluding tert-OH is 1. The smallest absolute Gasteiger partial charge is 0.201 e. The zero-order valence-electron chi connectivity index (χ0n) is 19.5. The number of rotatable bonds is 7. The molecule has 0 amide bonds. The number of hydrogen-bond donors (Lipinski definition) is 4. The molecule has 1 saturated heterocycles. The summed E-state index contributed by atoms with van der Waals surface area (Å²) < 4.78 is 11.7. The number of aromatic hydroxyl groups is 3. The van der Waals surface area contributed by atoms with Gasteiger partial charge in [-0.1, -0.05) is 38.1 Å². The summed E-state index contributed by atoms with van der Waals surface area (Å²) in [5, 5.41) is 41.4. The summed E-state index contributed by atoms with van der Waals surface area (Å²) in [5.74, 6) is 0.335. The molecular formula is C27H34O6. The summed E-state index contributed by atoms with van der Waals surface area (Å²) in [6, 6.07) is 7.29. The molecule has 4 rings (SSSR count). The van der Waals surface area contributed by atoms with Gasteiger partial charge in [0.15, 0.2) is 11.5 Å². The van der Waals surface area contributed by atoms with Crippen LogP contribution in [-0.2, 0) is 17.6 Å². The van der Waals surface area contributed by atoms with Gasteiger partial charge in [-0.25, -0.2) is 0 Å². The van der Waals surface area contributed by atoms with Gasteiger partial charge in [-0.15, -0.1) is 0 Å². The molecule has 1 aliphatic heterocycles. The third kappa shape index (κ3) is 4.82. The topological polar surface area (TPSA) is 99.4 Å². The molecule has 33 heavy (non-hydrogen) atoms. The van der Waals surface area contributed by atoms with Gasteiger partial charge in [0.2, 0.25) is 5.75 Å². The van der Waals surface area contributed by atoms with Gasteiger partial charge in [0.05, 0.1) is 25.4 Å². The fourth-order valence-electron chi connectivity index (χ4n) is 4.93. The molecule has 2 aromatic rings. The van der Waals surface area contributed by atoms with E-state index in [1.807, 2.05) is 18.2 Å². The van der Waals surface area contributed by atoms with E-state index >= 15 is 0 Å². The van der Waals surface area contributed by atoms with E-state index in [0.717, 1.165) is 36.8 Å². The number of phenols is 3. The molecule has 0 bridgehead atoms. The average Bonchev–Trinajstić information content (AvgIpc) is 2.78. The van der Waals surface area contributed by atoms with Crippen LogP contribution in [0.1, 0.15) is 61.5 Å². The van der Waals surface area contributed by atoms with E-state index in [2.05, 4.69) is 19.9 Å². The number of benzene rings is 2. The number of ether oxygens (including phenoxy) is 2. The van der Waals surface area contributed by atoms with Crippen LogP contribution in [0.2, 0.25) is 0 Å². The predicted molar refractivity (Wildman–Crippen MR) is 127 cm³/mol. The molecule has 6 nitrogen and oxygen atoms in total. The lowest BCUT2D eigenvalue weighted by molar-refractivity contribution is -0.127. The molecule has 2 aliphatic rings. The van der Waals surface area contributed by atoms with Gasteiger partial charge in [0.1, 0.15) is 5.75 Å². The summed E-state index contributed by atoms with van der Waals surface area (Å²) in [5.41, 5.74) is 3.48. The van der Waals surface area contributed by atoms with Crippen LogP contribution in [0.4, 0.5) is 0 Å². The number of aliphatic hydroxyl groups is 1. The van der Waals surface area contributed by atoms with Crippen molar-refractivity contribution in [2.45, 2.75) is 64.3 Å². The van der Waals surface area contributed by atoms with Gasteiger partial charge in [0.25, 0.3) is 0 Å². The van der Waals surface area contributed by atoms with Crippen molar-refractivity contribution in [2.24, 2.45) is 11.8 Å². The Balaban J connectivity index is 1.50. The minimum absolute atomic E-state index is 0.157. The molecule has 178 valence electrons. The second-order valence-electron chi connectivity index (χ2n) is 9.63. The average molecular weight is 455 g/mol. The van der Waals surface area contributed by atoms with E-state index in [9.17, 15) is 20.4 Å². The number of fused-ring (bicyclic) bond motifs is 3. The minimum Gasteiger partial charge on any atom is -0.508 e. The van der Waals surface area contributed by atoms with Gasteiger partial charge in [-0.3, -0.25) is 0 Å². The van der Waals surface area contributed by atoms with E-state index in [4.69, 9.17) is 9.47 Å². The molecule has 6 heteroatoms. The quantitative estimate of drug-likeness (QED) is 0.446. The molecule has 2 aromatic carbocycles. The minimum atomic E-state index is -0.568. The Labute approximate surface area is 195 Å². The van der Waals surface area contributed by atoms with Crippen LogP contribution >= 0.6 is 0 Å². The molecule has 0 spiro atoms. The molecule has 1 aliphatic carbocycles. The monoisotopic (exact) mass is 454 g/mol. The van der Waals surface area contributed by atoms with Crippen molar-refractivity contribution < 1.29 is 29.9 Å². The Morgan fingerprint density at radius 1 is 1.09 bits per heavy atom. The summed E-state index contributed by atoms with van der Waals surface area (Å²) in [6.07, 6.45) is 6.46. The zero-order chi connectivity index (χ0) is 23.7. The maximum absolute atomic E-state index is 10.8. The summed E-state index contributed by atoms with van der Waals surface area (Å²) >= 11 is 0. The van der Waals surface area contributed by atoms with Gasteiger partial charge in [-0.05, 0) is 60.4 Å². The molecule has 0 saturated carbocycles. The van der Waals surface area contributed by atoms with E-state index < -0.39 is 12.2 Å². The van der Waals surface area contributed by atoms with Crippen LogP contribution in [0, 0.1) is 11.8 Å². The van der Waals surface area contributed by atoms with Crippen molar-refractivity contribution >= 4 is 6.08 Å². The summed E-state index contributed by atoms with van der Waals surface area (Å²) in [4.78, 5) is 0. The fourth-order valence-corrected chi connectivity index (χ4v) is 4.93. The first-order valence-corrected chi connectivity index (χ1v) is 11.7. The van der Waals surface area contributed by atoms with Crippen molar-refractivity contribution in [3.05, 3.63) is 52.6 Å². The van der Waals surface area contributed by atoms with Crippen LogP contribution in [-0.4, -0.2) is 39.7 Å². The Bertz CT molecular complexity index is 1030. The van der Waals surface area contributed by atoms with Crippen LogP contribution in [0.5, 0.6) is 23.0 Å². The number of hydrogen-bond acceptors (Lipinski definition) is 6. The first kappa shape index (κ1) is 23.5. The SMILES string of the molecule is COc1c(O)c(O)cc2c1C=CC1C(O)CC(CCc3ccc(O)c(CCC(C)C)c3)OC21. The van der Waals surface area contributed by atoms with E-state index in [-0.39, 0.29) is 29.3 Å². The third-order valence-electron chi connectivity index (χ3n) is 6.83. The maximum Gasteiger partial charge on any atom is 0.201 e. The van der Waals surface area contributed by atoms with Crippen LogP contribution in [0.25, 0.3) is 6.08 Å². The van der Waals surface area contributed by atoms with Gasteiger partial charge in [0, 0.05) is 17.9 Å². The van der Waals surface area contributed by atoms with Gasteiger partial charge >= 0.3 is 0 Å². The normalized spacial score (nSPS) is 23.9. The van der Waals surface area contributed by atoms with E-state index in [1.165, 1.54) is 13.2 Å². The Kier molecular flexibility index (Phi) is 6.86. The fraction of sp³-hybridized carbons (Fsp3) is 0.481. The number of aryl methyl sites for hydroxylation is 2. The Hall–Kier alpha value is -2.70. The number of phenolic OH excluding ortho intramolecular Hbond substituents is 3. The summed E-state index contributed by atoms with van der Waals surface area (Å²) in [6.45, 7) is 4.35. The van der Waals surface area contributed by atoms with E-state index in [1.54, 1.807) is 6.07 Å². The second kappa shape index (κ2) is 9.65. The van der Waals surface area contributed by atoms with Crippen molar-refractivity contribution in [3.8, 4) is 23.0 Å². The molecule has 4 unspecified atom stereocenters. The Morgan fingerprint density at radius 2 is 1.88 bits per heavy atom. The lowest BCUT2D eigenvalue weighted by Gasteiger charge is -2.41. The lowest BCUT2D eigenvalue weighted by atomic mass is 9.78. The van der Waals surface area contributed by atoms with Crippen molar-refractivity contribution in [1.29, 1.82) is 0 Å². The van der Waals surface area contributed by atoms with Gasteiger partial charge < -0.3 is 29.9 Å². The maximum atomic E-state index is 10.8. The van der Waals surface area contributed by atoms with Crippen LogP contribution in [0.3, 0.4) is 0 Å². The van der Waals surface area contributed by atoms with Crippen LogP contribution in [0.15, 0.2) is 30.3 Å². The van der Waals surface area contributed by atoms with Crippen molar-refractivity contribution in [1.82, 2.24) is 0 Å². The molecule has 0 aromatic heterocycles. The molecule has 0 radical (unpaired) electrons. The highest BCUT2D eigenvalue weighted by Gasteiger charge is 2.41. The lowest BCUT2D eigenvalue weighted by Crippen LogP contribution is -2.40. The van der Waals surface area contributed by atoms with Crippen molar-refractivity contribution in [2.75, 3.05) is 7.11 Å². The largest absolute Gasteiger partial charge is 0.508 e. The first-order chi connectivity index (χ1) is 15.8. The predicted octanol–water partition coefficient (Wildman–Crippen LogP) is 4.87. The molecule has 1 fully saturated rings. The zero-order valence-corrected chi connectivity index (χ0v) is 19.5. The second-order valence-corrected chi connectivity index (χ2v) is 9.63. The Morgan fingerprint density at radius 3 is 2.61 bits per heavy atom. The van der Waals surface area contributed by atoms with Crippen molar-refractivity contribution in [3.63, 3.8) is 0 Å². The molecule has 4 N–H and O–H groups in total. The molecule has 4 atom stereocenters. The van der Waals surface area contributed by atoms with Gasteiger partial charge in [-0.2, -0.15) is 0 Å². The molecular weight excluding hydrogens is 420 g/mol. The third-order valence-corrected chi connectivity index (χ3v) is 6.83. The standard InChI is InChI=1S/C27H34O6/c1-15(2)4-7-17-12-16(6-11-22(17)28)5-8-18-13-23(29)20-10-9-19-21(26(20)33-18)14-24(30)25(31)27(19)32-3/h6,9-12,14-15,18,20,23,26,28-31H,4-5,7-8,13H2,1-3H3. The molecule has 1 heterocycles.